The van der Waals surface area contributed by atoms with E-state index in [2.05, 4.69) is 24.1 Å². The Kier molecular flexibility index (Phi) is 6.59. The average molecular weight is 339 g/mol. The molecule has 1 aromatic carbocycles. The first kappa shape index (κ1) is 17.8. The molecule has 0 aliphatic carbocycles. The van der Waals surface area contributed by atoms with Crippen LogP contribution in [0.15, 0.2) is 47.4 Å². The van der Waals surface area contributed by atoms with E-state index in [0.717, 1.165) is 29.2 Å². The molecule has 5 heteroatoms. The van der Waals surface area contributed by atoms with Crippen molar-refractivity contribution >= 4 is 29.0 Å². The molecule has 0 unspecified atom stereocenters. The van der Waals surface area contributed by atoms with Gasteiger partial charge >= 0.3 is 0 Å². The number of hydrogen-bond acceptors (Lipinski definition) is 4. The number of thiophene rings is 1. The highest BCUT2D eigenvalue weighted by Crippen LogP contribution is 2.17. The Bertz CT molecular complexity index is 723. The molecule has 24 heavy (non-hydrogen) atoms. The van der Waals surface area contributed by atoms with Crippen molar-refractivity contribution in [3.63, 3.8) is 0 Å². The number of nitriles is 1. The Morgan fingerprint density at radius 2 is 1.96 bits per heavy atom. The minimum atomic E-state index is -0.348. The maximum absolute atomic E-state index is 12.1. The Morgan fingerprint density at radius 3 is 2.50 bits per heavy atom. The lowest BCUT2D eigenvalue weighted by Crippen LogP contribution is -2.23. The fourth-order valence-corrected chi connectivity index (χ4v) is 3.01. The molecule has 0 atom stereocenters. The summed E-state index contributed by atoms with van der Waals surface area (Å²) in [6.07, 6.45) is 1.62. The lowest BCUT2D eigenvalue weighted by molar-refractivity contribution is -0.117. The number of nitrogens with one attached hydrogen (secondary N) is 1. The highest BCUT2D eigenvalue weighted by Gasteiger charge is 2.09. The third-order valence-corrected chi connectivity index (χ3v) is 4.58. The Labute approximate surface area is 147 Å². The highest BCUT2D eigenvalue weighted by molar-refractivity contribution is 7.09. The van der Waals surface area contributed by atoms with Crippen molar-refractivity contribution in [2.75, 3.05) is 18.0 Å². The zero-order valence-corrected chi connectivity index (χ0v) is 14.8. The topological polar surface area (TPSA) is 56.1 Å². The third-order valence-electron chi connectivity index (χ3n) is 3.70. The standard InChI is InChI=1S/C19H21N3OS/c1-3-22(4-2)17-9-7-15(8-10-17)12-16(13-20)19(23)21-14-18-6-5-11-24-18/h5-12H,3-4,14H2,1-2H3,(H,21,23)/b16-12-. The van der Waals surface area contributed by atoms with Crippen LogP contribution >= 0.6 is 11.3 Å². The van der Waals surface area contributed by atoms with Crippen molar-refractivity contribution in [1.29, 1.82) is 5.26 Å². The van der Waals surface area contributed by atoms with Gasteiger partial charge in [0, 0.05) is 23.7 Å². The van der Waals surface area contributed by atoms with Crippen molar-refractivity contribution in [2.24, 2.45) is 0 Å². The largest absolute Gasteiger partial charge is 0.372 e. The van der Waals surface area contributed by atoms with Crippen LogP contribution in [0.1, 0.15) is 24.3 Å². The van der Waals surface area contributed by atoms with E-state index in [1.54, 1.807) is 17.4 Å². The minimum Gasteiger partial charge on any atom is -0.372 e. The number of hydrogen-bond donors (Lipinski definition) is 1. The fourth-order valence-electron chi connectivity index (χ4n) is 2.36. The maximum Gasteiger partial charge on any atom is 0.262 e. The number of nitrogens with zero attached hydrogens (tertiary/aromatic N) is 2. The molecule has 0 bridgehead atoms. The summed E-state index contributed by atoms with van der Waals surface area (Å²) in [4.78, 5) is 15.4. The second kappa shape index (κ2) is 8.90. The first-order valence-corrected chi connectivity index (χ1v) is 8.83. The van der Waals surface area contributed by atoms with Gasteiger partial charge in [-0.05, 0) is 49.1 Å². The molecule has 1 amide bonds. The first-order valence-electron chi connectivity index (χ1n) is 7.95. The van der Waals surface area contributed by atoms with Crippen LogP contribution in [0.2, 0.25) is 0 Å². The van der Waals surface area contributed by atoms with Crippen LogP contribution < -0.4 is 10.2 Å². The van der Waals surface area contributed by atoms with Gasteiger partial charge in [-0.1, -0.05) is 18.2 Å². The molecular formula is C19H21N3OS. The van der Waals surface area contributed by atoms with Crippen molar-refractivity contribution in [3.8, 4) is 6.07 Å². The third kappa shape index (κ3) is 4.71. The molecule has 0 aliphatic heterocycles. The van der Waals surface area contributed by atoms with Crippen molar-refractivity contribution in [2.45, 2.75) is 20.4 Å². The predicted molar refractivity (Wildman–Crippen MR) is 99.8 cm³/mol. The van der Waals surface area contributed by atoms with Gasteiger partial charge in [-0.3, -0.25) is 4.79 Å². The van der Waals surface area contributed by atoms with E-state index < -0.39 is 0 Å². The van der Waals surface area contributed by atoms with Gasteiger partial charge in [-0.15, -0.1) is 11.3 Å². The number of carbonyl (C=O) groups is 1. The molecule has 0 spiro atoms. The van der Waals surface area contributed by atoms with Gasteiger partial charge in [0.1, 0.15) is 11.6 Å². The molecule has 1 heterocycles. The molecule has 2 rings (SSSR count). The van der Waals surface area contributed by atoms with Crippen molar-refractivity contribution in [3.05, 3.63) is 57.8 Å². The average Bonchev–Trinajstić information content (AvgIpc) is 3.13. The summed E-state index contributed by atoms with van der Waals surface area (Å²) in [5.74, 6) is -0.348. The minimum absolute atomic E-state index is 0.113. The van der Waals surface area contributed by atoms with E-state index >= 15 is 0 Å². The second-order valence-electron chi connectivity index (χ2n) is 5.20. The van der Waals surface area contributed by atoms with Crippen molar-refractivity contribution in [1.82, 2.24) is 5.32 Å². The normalized spacial score (nSPS) is 11.0. The highest BCUT2D eigenvalue weighted by atomic mass is 32.1. The van der Waals surface area contributed by atoms with E-state index in [0.29, 0.717) is 6.54 Å². The molecular weight excluding hydrogens is 318 g/mol. The Morgan fingerprint density at radius 1 is 1.25 bits per heavy atom. The predicted octanol–water partition coefficient (Wildman–Crippen LogP) is 3.82. The van der Waals surface area contributed by atoms with Crippen LogP contribution in [0.5, 0.6) is 0 Å². The monoisotopic (exact) mass is 339 g/mol. The van der Waals surface area contributed by atoms with Gasteiger partial charge in [-0.2, -0.15) is 5.26 Å². The zero-order chi connectivity index (χ0) is 17.4. The number of benzene rings is 1. The van der Waals surface area contributed by atoms with Crippen LogP contribution in [0.4, 0.5) is 5.69 Å². The van der Waals surface area contributed by atoms with E-state index in [9.17, 15) is 10.1 Å². The molecule has 1 aromatic heterocycles. The van der Waals surface area contributed by atoms with Crippen LogP contribution in [0.25, 0.3) is 6.08 Å². The summed E-state index contributed by atoms with van der Waals surface area (Å²) in [6.45, 7) is 6.56. The molecule has 0 radical (unpaired) electrons. The van der Waals surface area contributed by atoms with Crippen LogP contribution in [0.3, 0.4) is 0 Å². The van der Waals surface area contributed by atoms with E-state index in [1.807, 2.05) is 47.8 Å². The van der Waals surface area contributed by atoms with Crippen LogP contribution in [-0.2, 0) is 11.3 Å². The van der Waals surface area contributed by atoms with E-state index in [1.165, 1.54) is 0 Å². The van der Waals surface area contributed by atoms with Gasteiger partial charge < -0.3 is 10.2 Å². The summed E-state index contributed by atoms with van der Waals surface area (Å²) >= 11 is 1.57. The number of carbonyl (C=O) groups excluding carboxylic acids is 1. The Hall–Kier alpha value is -2.58. The summed E-state index contributed by atoms with van der Waals surface area (Å²) < 4.78 is 0. The molecule has 2 aromatic rings. The molecule has 1 N–H and O–H groups in total. The smallest absolute Gasteiger partial charge is 0.262 e. The molecule has 124 valence electrons. The van der Waals surface area contributed by atoms with Crippen LogP contribution in [0, 0.1) is 11.3 Å². The molecule has 0 saturated carbocycles. The summed E-state index contributed by atoms with van der Waals surface area (Å²) in [7, 11) is 0. The van der Waals surface area contributed by atoms with E-state index in [4.69, 9.17) is 0 Å². The number of rotatable bonds is 7. The molecule has 0 fully saturated rings. The SMILES string of the molecule is CCN(CC)c1ccc(/C=C(/C#N)C(=O)NCc2cccs2)cc1. The lowest BCUT2D eigenvalue weighted by Gasteiger charge is -2.20. The van der Waals surface area contributed by atoms with Crippen molar-refractivity contribution < 1.29 is 4.79 Å². The first-order chi connectivity index (χ1) is 11.7. The zero-order valence-electron chi connectivity index (χ0n) is 14.0. The second-order valence-corrected chi connectivity index (χ2v) is 6.23. The van der Waals surface area contributed by atoms with Gasteiger partial charge in [0.15, 0.2) is 0 Å². The van der Waals surface area contributed by atoms with Gasteiger partial charge in [-0.25, -0.2) is 0 Å². The molecule has 0 aliphatic rings. The van der Waals surface area contributed by atoms with Gasteiger partial charge in [0.2, 0.25) is 0 Å². The lowest BCUT2D eigenvalue weighted by atomic mass is 10.1. The van der Waals surface area contributed by atoms with E-state index in [-0.39, 0.29) is 11.5 Å². The fraction of sp³-hybridized carbons (Fsp3) is 0.263. The molecule has 0 saturated heterocycles. The quantitative estimate of drug-likeness (QED) is 0.616. The number of amides is 1. The van der Waals surface area contributed by atoms with Gasteiger partial charge in [0.05, 0.1) is 6.54 Å². The number of anilines is 1. The maximum atomic E-state index is 12.1. The summed E-state index contributed by atoms with van der Waals surface area (Å²) in [5.41, 5.74) is 2.09. The van der Waals surface area contributed by atoms with Gasteiger partial charge in [0.25, 0.3) is 5.91 Å². The Balaban J connectivity index is 2.06. The summed E-state index contributed by atoms with van der Waals surface area (Å²) in [5, 5.41) is 14.0. The summed E-state index contributed by atoms with van der Waals surface area (Å²) in [6, 6.07) is 13.7. The van der Waals surface area contributed by atoms with Crippen LogP contribution in [-0.4, -0.2) is 19.0 Å². The molecule has 4 nitrogen and oxygen atoms in total.